The van der Waals surface area contributed by atoms with Crippen LogP contribution in [0.1, 0.15) is 28.6 Å². The van der Waals surface area contributed by atoms with Gasteiger partial charge in [-0.25, -0.2) is 0 Å². The molecule has 0 radical (unpaired) electrons. The van der Waals surface area contributed by atoms with Crippen molar-refractivity contribution in [3.63, 3.8) is 0 Å². The molecule has 6 heteroatoms. The number of nitrogens with one attached hydrogen (secondary N) is 1. The predicted molar refractivity (Wildman–Crippen MR) is 110 cm³/mol. The lowest BCUT2D eigenvalue weighted by Gasteiger charge is -2.19. The first-order valence-electron chi connectivity index (χ1n) is 8.56. The van der Waals surface area contributed by atoms with Gasteiger partial charge >= 0.3 is 0 Å². The molecule has 0 unspecified atom stereocenters. The van der Waals surface area contributed by atoms with Crippen LogP contribution >= 0.6 is 23.1 Å². The topological polar surface area (TPSA) is 46.9 Å². The van der Waals surface area contributed by atoms with Crippen LogP contribution in [-0.2, 0) is 10.5 Å². The largest absolute Gasteiger partial charge is 0.353 e. The van der Waals surface area contributed by atoms with E-state index in [2.05, 4.69) is 52.4 Å². The summed E-state index contributed by atoms with van der Waals surface area (Å²) in [5, 5.41) is 11.9. The van der Waals surface area contributed by atoms with E-state index in [1.807, 2.05) is 29.8 Å². The van der Waals surface area contributed by atoms with E-state index in [4.69, 9.17) is 0 Å². The lowest BCUT2D eigenvalue weighted by atomic mass is 10.1. The van der Waals surface area contributed by atoms with E-state index in [-0.39, 0.29) is 11.9 Å². The number of rotatable bonds is 8. The van der Waals surface area contributed by atoms with Gasteiger partial charge in [0, 0.05) is 18.0 Å². The molecule has 0 aliphatic rings. The molecule has 26 heavy (non-hydrogen) atoms. The number of benzene rings is 1. The van der Waals surface area contributed by atoms with E-state index in [1.54, 1.807) is 23.1 Å². The van der Waals surface area contributed by atoms with Gasteiger partial charge in [-0.05, 0) is 47.9 Å². The van der Waals surface area contributed by atoms with E-state index in [0.29, 0.717) is 12.3 Å². The van der Waals surface area contributed by atoms with Crippen molar-refractivity contribution in [1.29, 1.82) is 0 Å². The Labute approximate surface area is 162 Å². The molecule has 2 aromatic heterocycles. The molecule has 0 saturated carbocycles. The van der Waals surface area contributed by atoms with Crippen molar-refractivity contribution in [2.24, 2.45) is 0 Å². The number of thioether (sulfide) groups is 1. The SMILES string of the molecule is Cc1cc(C)n([C@H](CNC(=O)CSCc2ccccc2)c2ccsc2)n1. The fourth-order valence-electron chi connectivity index (χ4n) is 2.87. The second-order valence-corrected chi connectivity index (χ2v) is 7.99. The van der Waals surface area contributed by atoms with Crippen molar-refractivity contribution in [1.82, 2.24) is 15.1 Å². The average Bonchev–Trinajstić information content (AvgIpc) is 3.26. The molecule has 1 aromatic carbocycles. The van der Waals surface area contributed by atoms with Crippen LogP contribution in [0.4, 0.5) is 0 Å². The molecule has 0 fully saturated rings. The first-order valence-corrected chi connectivity index (χ1v) is 10.7. The third-order valence-corrected chi connectivity index (χ3v) is 5.81. The number of amides is 1. The zero-order valence-electron chi connectivity index (χ0n) is 15.0. The van der Waals surface area contributed by atoms with E-state index in [9.17, 15) is 4.79 Å². The zero-order valence-corrected chi connectivity index (χ0v) is 16.6. The minimum Gasteiger partial charge on any atom is -0.353 e. The van der Waals surface area contributed by atoms with Crippen LogP contribution in [0.3, 0.4) is 0 Å². The molecule has 1 atom stereocenters. The average molecular weight is 386 g/mol. The highest BCUT2D eigenvalue weighted by Crippen LogP contribution is 2.22. The van der Waals surface area contributed by atoms with Crippen molar-refractivity contribution in [2.45, 2.75) is 25.6 Å². The molecule has 3 rings (SSSR count). The Bertz CT molecular complexity index is 828. The van der Waals surface area contributed by atoms with Gasteiger partial charge in [-0.15, -0.1) is 11.8 Å². The highest BCUT2D eigenvalue weighted by atomic mass is 32.2. The van der Waals surface area contributed by atoms with Crippen LogP contribution in [0.25, 0.3) is 0 Å². The third-order valence-electron chi connectivity index (χ3n) is 4.11. The Morgan fingerprint density at radius 3 is 2.73 bits per heavy atom. The van der Waals surface area contributed by atoms with Gasteiger partial charge in [-0.1, -0.05) is 30.3 Å². The molecular formula is C20H23N3OS2. The lowest BCUT2D eigenvalue weighted by molar-refractivity contribution is -0.118. The molecule has 0 aliphatic carbocycles. The molecule has 0 saturated heterocycles. The Hall–Kier alpha value is -2.05. The first-order chi connectivity index (χ1) is 12.6. The third kappa shape index (κ3) is 4.99. The van der Waals surface area contributed by atoms with E-state index < -0.39 is 0 Å². The van der Waals surface area contributed by atoms with Crippen LogP contribution in [0.5, 0.6) is 0 Å². The van der Waals surface area contributed by atoms with E-state index in [1.165, 1.54) is 11.1 Å². The number of aromatic nitrogens is 2. The Kier molecular flexibility index (Phi) is 6.52. The smallest absolute Gasteiger partial charge is 0.230 e. The standard InChI is InChI=1S/C20H23N3OS2/c1-15-10-16(2)23(22-15)19(18-8-9-25-13-18)11-21-20(24)14-26-12-17-6-4-3-5-7-17/h3-10,13,19H,11-12,14H2,1-2H3,(H,21,24)/t19-/m1/s1. The van der Waals surface area contributed by atoms with Gasteiger partial charge in [0.25, 0.3) is 0 Å². The Balaban J connectivity index is 1.56. The van der Waals surface area contributed by atoms with Crippen LogP contribution in [0.15, 0.2) is 53.2 Å². The van der Waals surface area contributed by atoms with Crippen molar-refractivity contribution in [3.8, 4) is 0 Å². The number of hydrogen-bond acceptors (Lipinski definition) is 4. The van der Waals surface area contributed by atoms with Gasteiger partial charge in [-0.3, -0.25) is 9.48 Å². The van der Waals surface area contributed by atoms with Crippen molar-refractivity contribution < 1.29 is 4.79 Å². The number of carbonyl (C=O) groups is 1. The fourth-order valence-corrected chi connectivity index (χ4v) is 4.39. The number of carbonyl (C=O) groups excluding carboxylic acids is 1. The maximum absolute atomic E-state index is 12.3. The van der Waals surface area contributed by atoms with Crippen molar-refractivity contribution >= 4 is 29.0 Å². The molecule has 136 valence electrons. The number of thiophene rings is 1. The van der Waals surface area contributed by atoms with Gasteiger partial charge in [0.2, 0.25) is 5.91 Å². The summed E-state index contributed by atoms with van der Waals surface area (Å²) in [4.78, 5) is 12.3. The first kappa shape index (κ1) is 18.7. The Morgan fingerprint density at radius 1 is 1.27 bits per heavy atom. The molecule has 0 aliphatic heterocycles. The summed E-state index contributed by atoms with van der Waals surface area (Å²) in [5.41, 5.74) is 4.52. The maximum Gasteiger partial charge on any atom is 0.230 e. The number of hydrogen-bond donors (Lipinski definition) is 1. The summed E-state index contributed by atoms with van der Waals surface area (Å²) in [5.74, 6) is 1.37. The molecule has 3 aromatic rings. The highest BCUT2D eigenvalue weighted by Gasteiger charge is 2.18. The predicted octanol–water partition coefficient (Wildman–Crippen LogP) is 4.20. The van der Waals surface area contributed by atoms with Gasteiger partial charge in [0.1, 0.15) is 0 Å². The number of aryl methyl sites for hydroxylation is 2. The van der Waals surface area contributed by atoms with Gasteiger partial charge in [0.15, 0.2) is 0 Å². The van der Waals surface area contributed by atoms with Crippen LogP contribution in [-0.4, -0.2) is 28.0 Å². The summed E-state index contributed by atoms with van der Waals surface area (Å²) in [6.07, 6.45) is 0. The van der Waals surface area contributed by atoms with E-state index in [0.717, 1.165) is 17.1 Å². The summed E-state index contributed by atoms with van der Waals surface area (Å²) >= 11 is 3.30. The van der Waals surface area contributed by atoms with Crippen molar-refractivity contribution in [2.75, 3.05) is 12.3 Å². The second kappa shape index (κ2) is 9.05. The second-order valence-electron chi connectivity index (χ2n) is 6.23. The van der Waals surface area contributed by atoms with E-state index >= 15 is 0 Å². The van der Waals surface area contributed by atoms with Crippen LogP contribution in [0, 0.1) is 13.8 Å². The molecule has 0 bridgehead atoms. The van der Waals surface area contributed by atoms with Gasteiger partial charge in [0.05, 0.1) is 17.5 Å². The summed E-state index contributed by atoms with van der Waals surface area (Å²) in [7, 11) is 0. The summed E-state index contributed by atoms with van der Waals surface area (Å²) in [6.45, 7) is 4.59. The molecule has 4 nitrogen and oxygen atoms in total. The quantitative estimate of drug-likeness (QED) is 0.632. The summed E-state index contributed by atoms with van der Waals surface area (Å²) < 4.78 is 2.01. The van der Waals surface area contributed by atoms with Crippen LogP contribution < -0.4 is 5.32 Å². The molecular weight excluding hydrogens is 362 g/mol. The zero-order chi connectivity index (χ0) is 18.4. The number of nitrogens with zero attached hydrogens (tertiary/aromatic N) is 2. The minimum atomic E-state index is 0.0259. The molecule has 1 amide bonds. The highest BCUT2D eigenvalue weighted by molar-refractivity contribution is 7.99. The normalized spacial score (nSPS) is 12.1. The molecule has 1 N–H and O–H groups in total. The van der Waals surface area contributed by atoms with Gasteiger partial charge < -0.3 is 5.32 Å². The lowest BCUT2D eigenvalue weighted by Crippen LogP contribution is -2.33. The van der Waals surface area contributed by atoms with Crippen LogP contribution in [0.2, 0.25) is 0 Å². The minimum absolute atomic E-state index is 0.0259. The van der Waals surface area contributed by atoms with Crippen molar-refractivity contribution in [3.05, 3.63) is 75.7 Å². The van der Waals surface area contributed by atoms with Gasteiger partial charge in [-0.2, -0.15) is 16.4 Å². The monoisotopic (exact) mass is 385 g/mol. The molecule has 0 spiro atoms. The summed E-state index contributed by atoms with van der Waals surface area (Å²) in [6, 6.07) is 14.4. The Morgan fingerprint density at radius 2 is 2.08 bits per heavy atom. The maximum atomic E-state index is 12.3. The molecule has 2 heterocycles. The fraction of sp³-hybridized carbons (Fsp3) is 0.300.